The molecule has 1 saturated heterocycles. The van der Waals surface area contributed by atoms with E-state index in [0.717, 1.165) is 0 Å². The summed E-state index contributed by atoms with van der Waals surface area (Å²) >= 11 is 0. The summed E-state index contributed by atoms with van der Waals surface area (Å²) in [5, 5.41) is 3.20. The lowest BCUT2D eigenvalue weighted by atomic mass is 10.00. The molecule has 1 aliphatic heterocycles. The van der Waals surface area contributed by atoms with Crippen LogP contribution in [-0.2, 0) is 0 Å². The topological polar surface area (TPSA) is 33.7 Å². The van der Waals surface area contributed by atoms with Gasteiger partial charge in [0.25, 0.3) is 0 Å². The van der Waals surface area contributed by atoms with Crippen LogP contribution >= 0.6 is 0 Å². The zero-order valence-corrected chi connectivity index (χ0v) is 17.5. The molecule has 168 valence electrons. The molecule has 0 aliphatic carbocycles. The number of ether oxygens (including phenoxy) is 2. The van der Waals surface area contributed by atoms with Crippen LogP contribution in [0.1, 0.15) is 18.0 Å². The summed E-state index contributed by atoms with van der Waals surface area (Å²) in [5.74, 6) is 2.01. The van der Waals surface area contributed by atoms with Crippen LogP contribution < -0.4 is 14.8 Å². The van der Waals surface area contributed by atoms with Gasteiger partial charge in [-0.2, -0.15) is 13.2 Å². The molecule has 0 amide bonds. The van der Waals surface area contributed by atoms with Crippen LogP contribution in [0, 0.1) is 0 Å². The second-order valence-corrected chi connectivity index (χ2v) is 7.66. The first-order valence-corrected chi connectivity index (χ1v) is 10.6. The van der Waals surface area contributed by atoms with Gasteiger partial charge in [-0.15, -0.1) is 0 Å². The lowest BCUT2D eigenvalue weighted by Crippen LogP contribution is -2.46. The maximum Gasteiger partial charge on any atom is 0.390 e. The average Bonchev–Trinajstić information content (AvgIpc) is 2.80. The third-order valence-electron chi connectivity index (χ3n) is 5.31. The largest absolute Gasteiger partial charge is 0.453 e. The normalized spacial score (nSPS) is 15.8. The molecule has 0 spiro atoms. The van der Waals surface area contributed by atoms with E-state index in [1.807, 2.05) is 53.4 Å². The number of hydrogen-bond donors (Lipinski definition) is 1. The molecule has 0 aromatic heterocycles. The highest BCUT2D eigenvalue weighted by atomic mass is 19.4. The molecule has 1 fully saturated rings. The Hall–Kier alpha value is -3.03. The van der Waals surface area contributed by atoms with Crippen LogP contribution in [0.4, 0.5) is 13.2 Å². The van der Waals surface area contributed by atoms with Gasteiger partial charge in [-0.3, -0.25) is 4.90 Å². The summed E-state index contributed by atoms with van der Waals surface area (Å²) < 4.78 is 52.4. The van der Waals surface area contributed by atoms with Crippen molar-refractivity contribution < 1.29 is 22.6 Å². The van der Waals surface area contributed by atoms with Crippen molar-refractivity contribution in [1.29, 1.82) is 0 Å². The Kier molecular flexibility index (Phi) is 6.97. The predicted octanol–water partition coefficient (Wildman–Crippen LogP) is 6.17. The third-order valence-corrected chi connectivity index (χ3v) is 5.31. The van der Waals surface area contributed by atoms with E-state index in [4.69, 9.17) is 9.47 Å². The number of piperazine rings is 1. The van der Waals surface area contributed by atoms with Crippen molar-refractivity contribution >= 4 is 0 Å². The lowest BCUT2D eigenvalue weighted by Gasteiger charge is -2.36. The molecule has 0 bridgehead atoms. The number of para-hydroxylation sites is 2. The van der Waals surface area contributed by atoms with Crippen LogP contribution in [-0.4, -0.2) is 37.3 Å². The van der Waals surface area contributed by atoms with Crippen LogP contribution in [0.5, 0.6) is 23.0 Å². The van der Waals surface area contributed by atoms with E-state index >= 15 is 0 Å². The SMILES string of the molecule is FC(F)(F)C[C@@H](c1ccc(Oc2ccccc2)c(Oc2ccccc2)c1)N1CCNCC1. The van der Waals surface area contributed by atoms with Crippen LogP contribution in [0.15, 0.2) is 78.9 Å². The maximum atomic E-state index is 13.5. The van der Waals surface area contributed by atoms with Crippen LogP contribution in [0.25, 0.3) is 0 Å². The van der Waals surface area contributed by atoms with E-state index < -0.39 is 18.6 Å². The molecule has 7 heteroatoms. The molecule has 4 rings (SSSR count). The first-order valence-electron chi connectivity index (χ1n) is 10.6. The Bertz CT molecular complexity index is 991. The molecule has 3 aromatic rings. The molecule has 1 aliphatic rings. The molecule has 0 radical (unpaired) electrons. The van der Waals surface area contributed by atoms with E-state index in [1.165, 1.54) is 0 Å². The zero-order valence-electron chi connectivity index (χ0n) is 17.5. The van der Waals surface area contributed by atoms with Crippen molar-refractivity contribution in [2.75, 3.05) is 26.2 Å². The fourth-order valence-corrected chi connectivity index (χ4v) is 3.80. The van der Waals surface area contributed by atoms with Gasteiger partial charge in [0, 0.05) is 32.2 Å². The third kappa shape index (κ3) is 6.02. The molecule has 0 unspecified atom stereocenters. The number of benzene rings is 3. The number of hydrogen-bond acceptors (Lipinski definition) is 4. The smallest absolute Gasteiger partial charge is 0.390 e. The second kappa shape index (κ2) is 10.1. The highest BCUT2D eigenvalue weighted by Crippen LogP contribution is 2.40. The first kappa shape index (κ1) is 22.2. The number of halogens is 3. The van der Waals surface area contributed by atoms with E-state index in [2.05, 4.69) is 5.32 Å². The average molecular weight is 442 g/mol. The minimum atomic E-state index is -4.28. The molecule has 3 aromatic carbocycles. The molecular formula is C25H25F3N2O2. The zero-order chi connectivity index (χ0) is 22.4. The van der Waals surface area contributed by atoms with Crippen molar-refractivity contribution in [3.63, 3.8) is 0 Å². The van der Waals surface area contributed by atoms with Crippen LogP contribution in [0.2, 0.25) is 0 Å². The Labute approximate surface area is 185 Å². The number of alkyl halides is 3. The fraction of sp³-hybridized carbons (Fsp3) is 0.280. The fourth-order valence-electron chi connectivity index (χ4n) is 3.80. The molecular weight excluding hydrogens is 417 g/mol. The van der Waals surface area contributed by atoms with Gasteiger partial charge >= 0.3 is 6.18 Å². The van der Waals surface area contributed by atoms with Gasteiger partial charge in [-0.05, 0) is 42.0 Å². The van der Waals surface area contributed by atoms with Crippen molar-refractivity contribution in [3.05, 3.63) is 84.4 Å². The van der Waals surface area contributed by atoms with E-state index in [1.54, 1.807) is 30.3 Å². The summed E-state index contributed by atoms with van der Waals surface area (Å²) in [4.78, 5) is 1.88. The van der Waals surface area contributed by atoms with Crippen LogP contribution in [0.3, 0.4) is 0 Å². The van der Waals surface area contributed by atoms with Crippen molar-refractivity contribution in [2.45, 2.75) is 18.6 Å². The Morgan fingerprint density at radius 1 is 0.781 bits per heavy atom. The highest BCUT2D eigenvalue weighted by molar-refractivity contribution is 5.48. The van der Waals surface area contributed by atoms with Gasteiger partial charge in [0.05, 0.1) is 6.42 Å². The van der Waals surface area contributed by atoms with Gasteiger partial charge in [-0.25, -0.2) is 0 Å². The molecule has 1 N–H and O–H groups in total. The minimum absolute atomic E-state index is 0.375. The van der Waals surface area contributed by atoms with Gasteiger partial charge in [-0.1, -0.05) is 42.5 Å². The maximum absolute atomic E-state index is 13.5. The summed E-state index contributed by atoms with van der Waals surface area (Å²) in [6.45, 7) is 2.43. The van der Waals surface area contributed by atoms with Gasteiger partial charge < -0.3 is 14.8 Å². The highest BCUT2D eigenvalue weighted by Gasteiger charge is 2.36. The number of rotatable bonds is 7. The first-order chi connectivity index (χ1) is 15.5. The number of nitrogens with one attached hydrogen (secondary N) is 1. The van der Waals surface area contributed by atoms with Gasteiger partial charge in [0.1, 0.15) is 11.5 Å². The minimum Gasteiger partial charge on any atom is -0.453 e. The Balaban J connectivity index is 1.69. The van der Waals surface area contributed by atoms with Gasteiger partial charge in [0.15, 0.2) is 11.5 Å². The van der Waals surface area contributed by atoms with Crippen molar-refractivity contribution in [2.24, 2.45) is 0 Å². The van der Waals surface area contributed by atoms with E-state index in [9.17, 15) is 13.2 Å². The van der Waals surface area contributed by atoms with E-state index in [0.29, 0.717) is 54.7 Å². The lowest BCUT2D eigenvalue weighted by molar-refractivity contribution is -0.148. The quantitative estimate of drug-likeness (QED) is 0.475. The van der Waals surface area contributed by atoms with Crippen molar-refractivity contribution in [1.82, 2.24) is 10.2 Å². The van der Waals surface area contributed by atoms with Crippen molar-refractivity contribution in [3.8, 4) is 23.0 Å². The standard InChI is InChI=1S/C25H25F3N2O2/c26-25(27,28)18-22(30-15-13-29-14-16-30)19-11-12-23(31-20-7-3-1-4-8-20)24(17-19)32-21-9-5-2-6-10-21/h1-12,17,22,29H,13-16,18H2/t22-/m0/s1. The summed E-state index contributed by atoms with van der Waals surface area (Å²) in [5.41, 5.74) is 0.551. The predicted molar refractivity (Wildman–Crippen MR) is 117 cm³/mol. The second-order valence-electron chi connectivity index (χ2n) is 7.66. The molecule has 0 saturated carbocycles. The Morgan fingerprint density at radius 2 is 1.34 bits per heavy atom. The Morgan fingerprint density at radius 3 is 1.91 bits per heavy atom. The molecule has 32 heavy (non-hydrogen) atoms. The molecule has 1 atom stereocenters. The summed E-state index contributed by atoms with van der Waals surface area (Å²) in [7, 11) is 0. The van der Waals surface area contributed by atoms with Gasteiger partial charge in [0.2, 0.25) is 0 Å². The monoisotopic (exact) mass is 442 g/mol. The summed E-state index contributed by atoms with van der Waals surface area (Å²) in [6.07, 6.45) is -5.20. The number of nitrogens with zero attached hydrogens (tertiary/aromatic N) is 1. The molecule has 4 nitrogen and oxygen atoms in total. The summed E-state index contributed by atoms with van der Waals surface area (Å²) in [6, 6.07) is 22.6. The van der Waals surface area contributed by atoms with E-state index in [-0.39, 0.29) is 0 Å². The molecule has 1 heterocycles.